The third kappa shape index (κ3) is 1.78. The van der Waals surface area contributed by atoms with Crippen LogP contribution in [0.2, 0.25) is 0 Å². The van der Waals surface area contributed by atoms with Crippen LogP contribution in [0.3, 0.4) is 0 Å². The molecular weight excluding hydrogens is 358 g/mol. The van der Waals surface area contributed by atoms with E-state index in [0.717, 1.165) is 28.9 Å². The van der Waals surface area contributed by atoms with E-state index >= 15 is 0 Å². The summed E-state index contributed by atoms with van der Waals surface area (Å²) in [6, 6.07) is 25.2. The van der Waals surface area contributed by atoms with Gasteiger partial charge in [0.05, 0.1) is 21.8 Å². The van der Waals surface area contributed by atoms with Crippen LogP contribution in [-0.4, -0.2) is 4.57 Å². The topological polar surface area (TPSA) is 31.2 Å². The van der Waals surface area contributed by atoms with Gasteiger partial charge in [-0.05, 0) is 43.3 Å². The van der Waals surface area contributed by atoms with Crippen LogP contribution in [0.4, 0.5) is 0 Å². The fourth-order valence-corrected chi connectivity index (χ4v) is 5.02. The number of nitrogens with zero attached hydrogens (tertiary/aromatic N) is 1. The van der Waals surface area contributed by atoms with Crippen LogP contribution in [0.1, 0.15) is 6.92 Å². The summed E-state index contributed by atoms with van der Waals surface area (Å²) in [5.41, 5.74) is 6.21. The van der Waals surface area contributed by atoms with Gasteiger partial charge >= 0.3 is 0 Å². The number of rotatable bonds is 1. The molecule has 0 N–H and O–H groups in total. The summed E-state index contributed by atoms with van der Waals surface area (Å²) < 4.78 is 14.8. The summed E-state index contributed by atoms with van der Waals surface area (Å²) in [5.74, 6) is 0. The number of benzene rings is 4. The molecular formula is C26H17NO2. The normalized spacial score (nSPS) is 12.4. The molecule has 0 amide bonds. The first-order chi connectivity index (χ1) is 14.3. The molecule has 0 bridgehead atoms. The Bertz CT molecular complexity index is 1620. The van der Waals surface area contributed by atoms with E-state index in [1.807, 2.05) is 24.3 Å². The van der Waals surface area contributed by atoms with Gasteiger partial charge in [-0.25, -0.2) is 0 Å². The summed E-state index contributed by atoms with van der Waals surface area (Å²) in [7, 11) is 0. The van der Waals surface area contributed by atoms with Crippen LogP contribution in [0.25, 0.3) is 65.7 Å². The highest BCUT2D eigenvalue weighted by molar-refractivity contribution is 6.29. The quantitative estimate of drug-likeness (QED) is 0.295. The van der Waals surface area contributed by atoms with E-state index in [4.69, 9.17) is 8.83 Å². The first kappa shape index (κ1) is 15.2. The van der Waals surface area contributed by atoms with Crippen molar-refractivity contribution >= 4 is 65.7 Å². The monoisotopic (exact) mass is 375 g/mol. The highest BCUT2D eigenvalue weighted by Gasteiger charge is 2.20. The molecule has 0 atom stereocenters. The van der Waals surface area contributed by atoms with Crippen molar-refractivity contribution in [3.05, 3.63) is 72.8 Å². The van der Waals surface area contributed by atoms with Gasteiger partial charge in [-0.15, -0.1) is 0 Å². The van der Waals surface area contributed by atoms with Gasteiger partial charge in [-0.3, -0.25) is 0 Å². The second kappa shape index (κ2) is 5.21. The molecule has 0 aliphatic rings. The molecule has 3 nitrogen and oxygen atoms in total. The molecule has 0 aliphatic carbocycles. The zero-order chi connectivity index (χ0) is 19.1. The molecule has 0 saturated carbocycles. The molecule has 0 radical (unpaired) electrons. The zero-order valence-corrected chi connectivity index (χ0v) is 15.9. The molecule has 0 spiro atoms. The minimum Gasteiger partial charge on any atom is -0.456 e. The van der Waals surface area contributed by atoms with Crippen LogP contribution < -0.4 is 0 Å². The number of aryl methyl sites for hydroxylation is 1. The van der Waals surface area contributed by atoms with Crippen molar-refractivity contribution in [1.82, 2.24) is 4.57 Å². The van der Waals surface area contributed by atoms with Gasteiger partial charge in [0.15, 0.2) is 0 Å². The first-order valence-electron chi connectivity index (χ1n) is 10.0. The van der Waals surface area contributed by atoms with Crippen LogP contribution in [0.5, 0.6) is 0 Å². The standard InChI is InChI=1S/C26H17NO2/c1-2-27-25-15(11-13-21-23(25)17-7-3-5-9-19(17)28-21)16-12-14-22-24(26(16)27)18-8-4-6-10-20(18)29-22/h3-14H,2H2,1H3. The summed E-state index contributed by atoms with van der Waals surface area (Å²) in [6.07, 6.45) is 0. The largest absolute Gasteiger partial charge is 0.456 e. The van der Waals surface area contributed by atoms with E-state index < -0.39 is 0 Å². The first-order valence-corrected chi connectivity index (χ1v) is 10.0. The minimum absolute atomic E-state index is 0.872. The minimum atomic E-state index is 0.872. The average Bonchev–Trinajstić information content (AvgIpc) is 3.41. The van der Waals surface area contributed by atoms with Crippen molar-refractivity contribution in [2.24, 2.45) is 0 Å². The van der Waals surface area contributed by atoms with E-state index in [1.54, 1.807) is 0 Å². The Balaban J connectivity index is 1.83. The smallest absolute Gasteiger partial charge is 0.137 e. The SMILES string of the molecule is CCn1c2c(ccc3oc4ccccc4c32)c2ccc3oc4ccccc4c3c21. The maximum Gasteiger partial charge on any atom is 0.137 e. The molecule has 3 aromatic heterocycles. The molecule has 0 saturated heterocycles. The van der Waals surface area contributed by atoms with Crippen molar-refractivity contribution in [2.45, 2.75) is 13.5 Å². The number of fused-ring (bicyclic) bond motifs is 11. The van der Waals surface area contributed by atoms with Gasteiger partial charge in [0.1, 0.15) is 22.3 Å². The molecule has 4 aromatic carbocycles. The number of furan rings is 2. The maximum atomic E-state index is 6.17. The van der Waals surface area contributed by atoms with Gasteiger partial charge < -0.3 is 13.4 Å². The molecule has 7 aromatic rings. The van der Waals surface area contributed by atoms with Crippen molar-refractivity contribution in [1.29, 1.82) is 0 Å². The fourth-order valence-electron chi connectivity index (χ4n) is 5.02. The lowest BCUT2D eigenvalue weighted by molar-refractivity contribution is 0.669. The van der Waals surface area contributed by atoms with Gasteiger partial charge in [-0.1, -0.05) is 36.4 Å². The predicted molar refractivity (Wildman–Crippen MR) is 120 cm³/mol. The van der Waals surface area contributed by atoms with E-state index in [0.29, 0.717) is 0 Å². The Morgan fingerprint density at radius 2 is 1.03 bits per heavy atom. The summed E-state index contributed by atoms with van der Waals surface area (Å²) in [4.78, 5) is 0. The second-order valence-corrected chi connectivity index (χ2v) is 7.61. The van der Waals surface area contributed by atoms with Gasteiger partial charge in [-0.2, -0.15) is 0 Å². The highest BCUT2D eigenvalue weighted by atomic mass is 16.3. The van der Waals surface area contributed by atoms with Crippen LogP contribution >= 0.6 is 0 Å². The van der Waals surface area contributed by atoms with Crippen molar-refractivity contribution < 1.29 is 8.83 Å². The Hall–Kier alpha value is -3.72. The van der Waals surface area contributed by atoms with Crippen LogP contribution in [0, 0.1) is 0 Å². The molecule has 3 heteroatoms. The van der Waals surface area contributed by atoms with E-state index in [-0.39, 0.29) is 0 Å². The molecule has 29 heavy (non-hydrogen) atoms. The summed E-state index contributed by atoms with van der Waals surface area (Å²) >= 11 is 0. The van der Waals surface area contributed by atoms with Gasteiger partial charge in [0, 0.05) is 28.1 Å². The molecule has 7 rings (SSSR count). The van der Waals surface area contributed by atoms with E-state index in [9.17, 15) is 0 Å². The number of hydrogen-bond acceptors (Lipinski definition) is 2. The van der Waals surface area contributed by atoms with Crippen molar-refractivity contribution in [2.75, 3.05) is 0 Å². The lowest BCUT2D eigenvalue weighted by atomic mass is 10.1. The van der Waals surface area contributed by atoms with Crippen LogP contribution in [0.15, 0.2) is 81.6 Å². The van der Waals surface area contributed by atoms with Crippen LogP contribution in [-0.2, 0) is 6.54 Å². The number of para-hydroxylation sites is 2. The fraction of sp³-hybridized carbons (Fsp3) is 0.0769. The van der Waals surface area contributed by atoms with E-state index in [1.165, 1.54) is 43.4 Å². The predicted octanol–water partition coefficient (Wildman–Crippen LogP) is 7.61. The zero-order valence-electron chi connectivity index (χ0n) is 15.9. The Morgan fingerprint density at radius 1 is 0.552 bits per heavy atom. The second-order valence-electron chi connectivity index (χ2n) is 7.61. The average molecular weight is 375 g/mol. The number of aromatic nitrogens is 1. The van der Waals surface area contributed by atoms with Gasteiger partial charge in [0.2, 0.25) is 0 Å². The lowest BCUT2D eigenvalue weighted by Crippen LogP contribution is -1.94. The highest BCUT2D eigenvalue weighted by Crippen LogP contribution is 2.43. The Kier molecular flexibility index (Phi) is 2.73. The maximum absolute atomic E-state index is 6.17. The third-order valence-electron chi connectivity index (χ3n) is 6.18. The lowest BCUT2D eigenvalue weighted by Gasteiger charge is -2.05. The molecule has 0 aliphatic heterocycles. The summed E-state index contributed by atoms with van der Waals surface area (Å²) in [5, 5.41) is 7.23. The molecule has 0 fully saturated rings. The van der Waals surface area contributed by atoms with Gasteiger partial charge in [0.25, 0.3) is 0 Å². The molecule has 3 heterocycles. The Labute approximate surface area is 165 Å². The van der Waals surface area contributed by atoms with Crippen molar-refractivity contribution in [3.8, 4) is 0 Å². The van der Waals surface area contributed by atoms with E-state index in [2.05, 4.69) is 60.0 Å². The number of hydrogen-bond donors (Lipinski definition) is 0. The van der Waals surface area contributed by atoms with Crippen molar-refractivity contribution in [3.63, 3.8) is 0 Å². The molecule has 138 valence electrons. The molecule has 0 unspecified atom stereocenters. The summed E-state index contributed by atoms with van der Waals surface area (Å²) in [6.45, 7) is 3.08. The third-order valence-corrected chi connectivity index (χ3v) is 6.18. The Morgan fingerprint density at radius 3 is 1.52 bits per heavy atom.